The van der Waals surface area contributed by atoms with Crippen LogP contribution in [0, 0.1) is 5.92 Å². The Kier molecular flexibility index (Phi) is 8.98. The molecule has 2 aliphatic rings. The second-order valence-electron chi connectivity index (χ2n) is 8.00. The summed E-state index contributed by atoms with van der Waals surface area (Å²) in [6.07, 6.45) is 4.27. The van der Waals surface area contributed by atoms with Gasteiger partial charge in [0, 0.05) is 45.2 Å². The molecule has 0 spiro atoms. The molecule has 1 amide bonds. The number of morpholine rings is 1. The van der Waals surface area contributed by atoms with E-state index in [0.717, 1.165) is 32.5 Å². The number of nitrogens with zero attached hydrogens (tertiary/aromatic N) is 2. The second kappa shape index (κ2) is 10.7. The Labute approximate surface area is 164 Å². The van der Waals surface area contributed by atoms with Crippen LogP contribution in [0.3, 0.4) is 0 Å². The number of nitrogens with one attached hydrogen (secondary N) is 1. The first-order valence-electron chi connectivity index (χ1n) is 10.4. The van der Waals surface area contributed by atoms with E-state index in [9.17, 15) is 13.2 Å². The number of carbonyl (C=O) groups is 1. The third-order valence-electron chi connectivity index (χ3n) is 5.42. The molecular formula is C19H37N3O4S. The molecule has 0 aromatic carbocycles. The van der Waals surface area contributed by atoms with Gasteiger partial charge in [-0.1, -0.05) is 13.3 Å². The Hall–Kier alpha value is -0.700. The van der Waals surface area contributed by atoms with Gasteiger partial charge in [-0.25, -0.2) is 12.7 Å². The SMILES string of the molecule is CCCCS(=O)(=O)N1CCC(C(=O)NCCCN2CC(C)OC(C)C2)CC1. The van der Waals surface area contributed by atoms with Gasteiger partial charge in [-0.05, 0) is 39.5 Å². The summed E-state index contributed by atoms with van der Waals surface area (Å²) in [5, 5.41) is 3.04. The number of unbranched alkanes of at least 4 members (excludes halogenated alkanes) is 1. The fraction of sp³-hybridized carbons (Fsp3) is 0.947. The van der Waals surface area contributed by atoms with Crippen molar-refractivity contribution in [2.24, 2.45) is 5.92 Å². The van der Waals surface area contributed by atoms with Crippen LogP contribution in [-0.2, 0) is 19.6 Å². The molecule has 0 bridgehead atoms. The lowest BCUT2D eigenvalue weighted by Crippen LogP contribution is -2.46. The summed E-state index contributed by atoms with van der Waals surface area (Å²) in [6.45, 7) is 10.7. The van der Waals surface area contributed by atoms with Crippen LogP contribution in [0.4, 0.5) is 0 Å². The Balaban J connectivity index is 1.63. The van der Waals surface area contributed by atoms with Crippen molar-refractivity contribution in [3.8, 4) is 0 Å². The highest BCUT2D eigenvalue weighted by atomic mass is 32.2. The highest BCUT2D eigenvalue weighted by molar-refractivity contribution is 7.89. The summed E-state index contributed by atoms with van der Waals surface area (Å²) in [6, 6.07) is 0. The molecule has 8 heteroatoms. The predicted octanol–water partition coefficient (Wildman–Crippen LogP) is 1.44. The lowest BCUT2D eigenvalue weighted by molar-refractivity contribution is -0.126. The zero-order chi connectivity index (χ0) is 19.9. The number of carbonyl (C=O) groups excluding carboxylic acids is 1. The van der Waals surface area contributed by atoms with Crippen molar-refractivity contribution >= 4 is 15.9 Å². The highest BCUT2D eigenvalue weighted by Crippen LogP contribution is 2.20. The quantitative estimate of drug-likeness (QED) is 0.590. The van der Waals surface area contributed by atoms with Gasteiger partial charge in [-0.3, -0.25) is 9.69 Å². The van der Waals surface area contributed by atoms with Crippen molar-refractivity contribution in [1.29, 1.82) is 0 Å². The van der Waals surface area contributed by atoms with Gasteiger partial charge in [0.1, 0.15) is 0 Å². The number of rotatable bonds is 9. The largest absolute Gasteiger partial charge is 0.373 e. The molecule has 0 saturated carbocycles. The fourth-order valence-electron chi connectivity index (χ4n) is 3.98. The number of sulfonamides is 1. The normalized spacial score (nSPS) is 26.2. The maximum atomic E-state index is 12.4. The van der Waals surface area contributed by atoms with Gasteiger partial charge < -0.3 is 10.1 Å². The Morgan fingerprint density at radius 2 is 1.74 bits per heavy atom. The van der Waals surface area contributed by atoms with E-state index >= 15 is 0 Å². The van der Waals surface area contributed by atoms with Crippen molar-refractivity contribution in [2.75, 3.05) is 45.0 Å². The smallest absolute Gasteiger partial charge is 0.223 e. The van der Waals surface area contributed by atoms with Crippen LogP contribution in [-0.4, -0.2) is 80.8 Å². The first-order valence-corrected chi connectivity index (χ1v) is 12.1. The molecule has 0 aliphatic carbocycles. The van der Waals surface area contributed by atoms with Crippen LogP contribution in [0.15, 0.2) is 0 Å². The van der Waals surface area contributed by atoms with Crippen LogP contribution in [0.2, 0.25) is 0 Å². The van der Waals surface area contributed by atoms with Crippen molar-refractivity contribution in [3.63, 3.8) is 0 Å². The minimum atomic E-state index is -3.15. The van der Waals surface area contributed by atoms with Gasteiger partial charge in [0.25, 0.3) is 0 Å². The van der Waals surface area contributed by atoms with Gasteiger partial charge in [0.2, 0.25) is 15.9 Å². The third kappa shape index (κ3) is 7.33. The molecule has 0 aromatic heterocycles. The van der Waals surface area contributed by atoms with Crippen LogP contribution >= 0.6 is 0 Å². The monoisotopic (exact) mass is 403 g/mol. The zero-order valence-electron chi connectivity index (χ0n) is 17.2. The van der Waals surface area contributed by atoms with E-state index in [1.807, 2.05) is 6.92 Å². The minimum absolute atomic E-state index is 0.0638. The zero-order valence-corrected chi connectivity index (χ0v) is 18.0. The molecule has 0 aromatic rings. The van der Waals surface area contributed by atoms with Gasteiger partial charge in [0.05, 0.1) is 18.0 Å². The van der Waals surface area contributed by atoms with Gasteiger partial charge in [-0.2, -0.15) is 0 Å². The van der Waals surface area contributed by atoms with Crippen molar-refractivity contribution in [1.82, 2.24) is 14.5 Å². The van der Waals surface area contributed by atoms with E-state index in [-0.39, 0.29) is 29.8 Å². The number of ether oxygens (including phenoxy) is 1. The summed E-state index contributed by atoms with van der Waals surface area (Å²) in [5.41, 5.74) is 0. The molecule has 158 valence electrons. The van der Waals surface area contributed by atoms with Crippen molar-refractivity contribution < 1.29 is 17.9 Å². The second-order valence-corrected chi connectivity index (χ2v) is 10.1. The number of hydrogen-bond donors (Lipinski definition) is 1. The third-order valence-corrected chi connectivity index (χ3v) is 7.38. The number of piperidine rings is 1. The predicted molar refractivity (Wildman–Crippen MR) is 107 cm³/mol. The van der Waals surface area contributed by atoms with E-state index in [2.05, 4.69) is 24.1 Å². The summed E-state index contributed by atoms with van der Waals surface area (Å²) in [7, 11) is -3.15. The van der Waals surface area contributed by atoms with E-state index in [4.69, 9.17) is 4.74 Å². The van der Waals surface area contributed by atoms with Crippen LogP contribution in [0.25, 0.3) is 0 Å². The maximum absolute atomic E-state index is 12.4. The van der Waals surface area contributed by atoms with Crippen LogP contribution in [0.1, 0.15) is 52.9 Å². The van der Waals surface area contributed by atoms with Crippen molar-refractivity contribution in [2.45, 2.75) is 65.1 Å². The number of hydrogen-bond acceptors (Lipinski definition) is 5. The molecule has 2 rings (SSSR count). The van der Waals surface area contributed by atoms with Gasteiger partial charge in [-0.15, -0.1) is 0 Å². The molecule has 2 fully saturated rings. The van der Waals surface area contributed by atoms with E-state index < -0.39 is 10.0 Å². The molecule has 2 atom stereocenters. The Bertz CT molecular complexity index is 551. The lowest BCUT2D eigenvalue weighted by atomic mass is 9.97. The summed E-state index contributed by atoms with van der Waals surface area (Å²) >= 11 is 0. The van der Waals surface area contributed by atoms with E-state index in [0.29, 0.717) is 38.9 Å². The summed E-state index contributed by atoms with van der Waals surface area (Å²) < 4.78 is 31.8. The molecular weight excluding hydrogens is 366 g/mol. The standard InChI is InChI=1S/C19H37N3O4S/c1-4-5-13-27(24,25)22-11-7-18(8-12-22)19(23)20-9-6-10-21-14-16(2)26-17(3)15-21/h16-18H,4-15H2,1-3H3,(H,20,23). The first-order chi connectivity index (χ1) is 12.8. The maximum Gasteiger partial charge on any atom is 0.223 e. The van der Waals surface area contributed by atoms with Gasteiger partial charge in [0.15, 0.2) is 0 Å². The van der Waals surface area contributed by atoms with Crippen molar-refractivity contribution in [3.05, 3.63) is 0 Å². The summed E-state index contributed by atoms with van der Waals surface area (Å²) in [4.78, 5) is 14.8. The highest BCUT2D eigenvalue weighted by Gasteiger charge is 2.30. The molecule has 1 N–H and O–H groups in total. The molecule has 27 heavy (non-hydrogen) atoms. The minimum Gasteiger partial charge on any atom is -0.373 e. The Morgan fingerprint density at radius 3 is 2.33 bits per heavy atom. The van der Waals surface area contributed by atoms with Gasteiger partial charge >= 0.3 is 0 Å². The lowest BCUT2D eigenvalue weighted by Gasteiger charge is -2.35. The molecule has 2 aliphatic heterocycles. The molecule has 2 saturated heterocycles. The molecule has 2 heterocycles. The summed E-state index contributed by atoms with van der Waals surface area (Å²) in [5.74, 6) is 0.231. The Morgan fingerprint density at radius 1 is 1.11 bits per heavy atom. The van der Waals surface area contributed by atoms with E-state index in [1.54, 1.807) is 4.31 Å². The molecule has 7 nitrogen and oxygen atoms in total. The van der Waals surface area contributed by atoms with E-state index in [1.165, 1.54) is 0 Å². The number of amides is 1. The molecule has 2 unspecified atom stereocenters. The average Bonchev–Trinajstić information content (AvgIpc) is 2.63. The fourth-order valence-corrected chi connectivity index (χ4v) is 5.66. The topological polar surface area (TPSA) is 79.0 Å². The van der Waals surface area contributed by atoms with Crippen LogP contribution < -0.4 is 5.32 Å². The molecule has 0 radical (unpaired) electrons. The first kappa shape index (κ1) is 22.6. The average molecular weight is 404 g/mol. The van der Waals surface area contributed by atoms with Crippen LogP contribution in [0.5, 0.6) is 0 Å².